The van der Waals surface area contributed by atoms with E-state index >= 15 is 0 Å². The predicted molar refractivity (Wildman–Crippen MR) is 52.2 cm³/mol. The van der Waals surface area contributed by atoms with Crippen LogP contribution in [-0.4, -0.2) is 19.9 Å². The summed E-state index contributed by atoms with van der Waals surface area (Å²) in [4.78, 5) is 15.4. The van der Waals surface area contributed by atoms with Gasteiger partial charge in [0.1, 0.15) is 5.82 Å². The maximum absolute atomic E-state index is 5.27. The van der Waals surface area contributed by atoms with Gasteiger partial charge in [-0.1, -0.05) is 0 Å². The van der Waals surface area contributed by atoms with Gasteiger partial charge in [-0.05, 0) is 6.92 Å². The molecule has 0 aliphatic heterocycles. The molecule has 0 unspecified atom stereocenters. The monoisotopic (exact) mass is 190 g/mol. The highest BCUT2D eigenvalue weighted by molar-refractivity contribution is 5.48. The zero-order chi connectivity index (χ0) is 9.97. The maximum atomic E-state index is 5.27. The van der Waals surface area contributed by atoms with Crippen LogP contribution in [-0.2, 0) is 0 Å². The second kappa shape index (κ2) is 3.43. The van der Waals surface area contributed by atoms with Gasteiger partial charge < -0.3 is 10.4 Å². The van der Waals surface area contributed by atoms with E-state index in [-0.39, 0.29) is 0 Å². The van der Waals surface area contributed by atoms with Crippen molar-refractivity contribution in [2.75, 3.05) is 5.43 Å². The summed E-state index contributed by atoms with van der Waals surface area (Å²) in [6.45, 7) is 1.87. The van der Waals surface area contributed by atoms with Crippen LogP contribution in [0, 0.1) is 6.92 Å². The van der Waals surface area contributed by atoms with Crippen molar-refractivity contribution in [3.8, 4) is 11.6 Å². The van der Waals surface area contributed by atoms with Crippen molar-refractivity contribution in [1.82, 2.24) is 19.9 Å². The number of H-pyrrole nitrogens is 1. The van der Waals surface area contributed by atoms with Gasteiger partial charge in [-0.2, -0.15) is 0 Å². The molecule has 0 radical (unpaired) electrons. The van der Waals surface area contributed by atoms with Crippen LogP contribution in [0.4, 0.5) is 5.82 Å². The van der Waals surface area contributed by atoms with Crippen LogP contribution < -0.4 is 11.3 Å². The summed E-state index contributed by atoms with van der Waals surface area (Å²) in [5, 5.41) is 0. The van der Waals surface area contributed by atoms with Crippen molar-refractivity contribution in [2.45, 2.75) is 6.92 Å². The molecule has 0 aliphatic carbocycles. The third-order valence-corrected chi connectivity index (χ3v) is 1.71. The number of nitrogens with one attached hydrogen (secondary N) is 2. The Kier molecular flexibility index (Phi) is 2.11. The molecule has 6 heteroatoms. The number of hydrogen-bond donors (Lipinski definition) is 3. The first-order valence-electron chi connectivity index (χ1n) is 4.11. The number of nitrogen functional groups attached to an aromatic ring is 1. The molecule has 2 aromatic heterocycles. The Bertz CT molecular complexity index is 421. The Morgan fingerprint density at radius 2 is 2.29 bits per heavy atom. The summed E-state index contributed by atoms with van der Waals surface area (Å²) in [7, 11) is 0. The van der Waals surface area contributed by atoms with Crippen molar-refractivity contribution in [3.05, 3.63) is 24.2 Å². The topological polar surface area (TPSA) is 92.5 Å². The standard InChI is InChI=1S/C8H10N6/c1-5-4-6(14-9)13-8(12-5)7-10-2-3-11-7/h2-4H,9H2,1H3,(H,10,11)(H,12,13,14). The fourth-order valence-electron chi connectivity index (χ4n) is 1.14. The number of hydrogen-bond acceptors (Lipinski definition) is 5. The van der Waals surface area contributed by atoms with Crippen LogP contribution in [0.2, 0.25) is 0 Å². The second-order valence-electron chi connectivity index (χ2n) is 2.80. The first-order valence-corrected chi connectivity index (χ1v) is 4.11. The number of hydrazine groups is 1. The highest BCUT2D eigenvalue weighted by Crippen LogP contribution is 2.12. The third kappa shape index (κ3) is 1.55. The average Bonchev–Trinajstić information content (AvgIpc) is 2.69. The van der Waals surface area contributed by atoms with Gasteiger partial charge >= 0.3 is 0 Å². The van der Waals surface area contributed by atoms with Crippen molar-refractivity contribution in [1.29, 1.82) is 0 Å². The normalized spacial score (nSPS) is 10.1. The van der Waals surface area contributed by atoms with E-state index in [4.69, 9.17) is 5.84 Å². The Labute approximate surface area is 80.6 Å². The third-order valence-electron chi connectivity index (χ3n) is 1.71. The summed E-state index contributed by atoms with van der Waals surface area (Å²) in [6, 6.07) is 1.76. The Hall–Kier alpha value is -1.95. The van der Waals surface area contributed by atoms with Gasteiger partial charge in [0.15, 0.2) is 11.6 Å². The quantitative estimate of drug-likeness (QED) is 0.472. The van der Waals surface area contributed by atoms with Gasteiger partial charge in [0.05, 0.1) is 0 Å². The van der Waals surface area contributed by atoms with Gasteiger partial charge in [-0.25, -0.2) is 20.8 Å². The molecule has 2 heterocycles. The number of aromatic amines is 1. The fraction of sp³-hybridized carbons (Fsp3) is 0.125. The van der Waals surface area contributed by atoms with Crippen molar-refractivity contribution < 1.29 is 0 Å². The zero-order valence-electron chi connectivity index (χ0n) is 7.65. The zero-order valence-corrected chi connectivity index (χ0v) is 7.65. The van der Waals surface area contributed by atoms with Gasteiger partial charge in [0.2, 0.25) is 0 Å². The largest absolute Gasteiger partial charge is 0.342 e. The minimum absolute atomic E-state index is 0.531. The molecule has 0 bridgehead atoms. The molecule has 0 saturated carbocycles. The van der Waals surface area contributed by atoms with Crippen LogP contribution in [0.3, 0.4) is 0 Å². The number of nitrogens with zero attached hydrogens (tertiary/aromatic N) is 3. The van der Waals surface area contributed by atoms with Gasteiger partial charge in [-0.15, -0.1) is 0 Å². The van der Waals surface area contributed by atoms with Crippen LogP contribution in [0.25, 0.3) is 11.6 Å². The van der Waals surface area contributed by atoms with Gasteiger partial charge in [0.25, 0.3) is 0 Å². The number of nitrogens with two attached hydrogens (primary N) is 1. The number of rotatable bonds is 2. The highest BCUT2D eigenvalue weighted by atomic mass is 15.3. The van der Waals surface area contributed by atoms with E-state index in [1.165, 1.54) is 0 Å². The first kappa shape index (κ1) is 8.64. The lowest BCUT2D eigenvalue weighted by Gasteiger charge is -2.02. The lowest BCUT2D eigenvalue weighted by atomic mass is 10.4. The van der Waals surface area contributed by atoms with E-state index < -0.39 is 0 Å². The number of aromatic nitrogens is 4. The van der Waals surface area contributed by atoms with Crippen LogP contribution in [0.15, 0.2) is 18.5 Å². The van der Waals surface area contributed by atoms with Crippen LogP contribution in [0.5, 0.6) is 0 Å². The Morgan fingerprint density at radius 3 is 2.93 bits per heavy atom. The van der Waals surface area contributed by atoms with Crippen LogP contribution >= 0.6 is 0 Å². The summed E-state index contributed by atoms with van der Waals surface area (Å²) in [5.41, 5.74) is 3.31. The molecule has 0 aliphatic rings. The molecule has 0 fully saturated rings. The Balaban J connectivity index is 2.48. The molecule has 6 nitrogen and oxygen atoms in total. The summed E-state index contributed by atoms with van der Waals surface area (Å²) < 4.78 is 0. The maximum Gasteiger partial charge on any atom is 0.197 e. The van der Waals surface area contributed by atoms with Gasteiger partial charge in [0, 0.05) is 24.2 Å². The lowest BCUT2D eigenvalue weighted by Crippen LogP contribution is -2.10. The number of aryl methyl sites for hydroxylation is 1. The van der Waals surface area contributed by atoms with E-state index in [0.717, 1.165) is 5.69 Å². The molecule has 2 aromatic rings. The van der Waals surface area contributed by atoms with E-state index in [9.17, 15) is 0 Å². The molecule has 72 valence electrons. The molecular formula is C8H10N6. The SMILES string of the molecule is Cc1cc(NN)nc(-c2ncc[nH]2)n1. The average molecular weight is 190 g/mol. The molecule has 4 N–H and O–H groups in total. The van der Waals surface area contributed by atoms with Crippen LogP contribution in [0.1, 0.15) is 5.69 Å². The molecular weight excluding hydrogens is 180 g/mol. The Morgan fingerprint density at radius 1 is 1.43 bits per heavy atom. The number of imidazole rings is 1. The van der Waals surface area contributed by atoms with E-state index in [1.54, 1.807) is 18.5 Å². The first-order chi connectivity index (χ1) is 6.79. The summed E-state index contributed by atoms with van der Waals surface area (Å²) >= 11 is 0. The molecule has 14 heavy (non-hydrogen) atoms. The van der Waals surface area contributed by atoms with Crippen molar-refractivity contribution >= 4 is 5.82 Å². The fourth-order valence-corrected chi connectivity index (χ4v) is 1.14. The van der Waals surface area contributed by atoms with Crippen molar-refractivity contribution in [3.63, 3.8) is 0 Å². The molecule has 0 amide bonds. The molecule has 0 aromatic carbocycles. The predicted octanol–water partition coefficient (Wildman–Crippen LogP) is 0.461. The smallest absolute Gasteiger partial charge is 0.197 e. The summed E-state index contributed by atoms with van der Waals surface area (Å²) in [5.74, 6) is 7.00. The molecule has 0 saturated heterocycles. The molecule has 0 spiro atoms. The lowest BCUT2D eigenvalue weighted by molar-refractivity contribution is 1.06. The second-order valence-corrected chi connectivity index (χ2v) is 2.80. The highest BCUT2D eigenvalue weighted by Gasteiger charge is 2.05. The summed E-state index contributed by atoms with van der Waals surface area (Å²) in [6.07, 6.45) is 3.37. The van der Waals surface area contributed by atoms with E-state index in [2.05, 4.69) is 25.4 Å². The molecule has 0 atom stereocenters. The van der Waals surface area contributed by atoms with Crippen molar-refractivity contribution in [2.24, 2.45) is 5.84 Å². The van der Waals surface area contributed by atoms with E-state index in [1.807, 2.05) is 6.92 Å². The number of anilines is 1. The minimum atomic E-state index is 0.531. The van der Waals surface area contributed by atoms with E-state index in [0.29, 0.717) is 17.5 Å². The van der Waals surface area contributed by atoms with Gasteiger partial charge in [-0.3, -0.25) is 0 Å². The minimum Gasteiger partial charge on any atom is -0.342 e. The molecule has 2 rings (SSSR count).